The van der Waals surface area contributed by atoms with Gasteiger partial charge >= 0.3 is 0 Å². The molecule has 0 spiro atoms. The van der Waals surface area contributed by atoms with E-state index in [2.05, 4.69) is 26.9 Å². The van der Waals surface area contributed by atoms with Crippen molar-refractivity contribution >= 4 is 18.9 Å². The van der Waals surface area contributed by atoms with Crippen molar-refractivity contribution in [2.45, 2.75) is 12.8 Å². The zero-order valence-electron chi connectivity index (χ0n) is 9.89. The van der Waals surface area contributed by atoms with Gasteiger partial charge in [-0.05, 0) is 44.0 Å². The van der Waals surface area contributed by atoms with Crippen LogP contribution in [0.3, 0.4) is 0 Å². The Labute approximate surface area is 113 Å². The third kappa shape index (κ3) is 4.36. The highest BCUT2D eigenvalue weighted by molar-refractivity contribution is 5.85. The normalized spacial score (nSPS) is 14.9. The van der Waals surface area contributed by atoms with Crippen LogP contribution in [0.25, 0.3) is 0 Å². The van der Waals surface area contributed by atoms with E-state index in [4.69, 9.17) is 0 Å². The Hall–Kier alpha value is -1.57. The Bertz CT molecular complexity index is 431. The Kier molecular flexibility index (Phi) is 6.20. The van der Waals surface area contributed by atoms with E-state index in [9.17, 15) is 4.79 Å². The van der Waals surface area contributed by atoms with Gasteiger partial charge in [-0.2, -0.15) is 0 Å². The minimum atomic E-state index is 0. The van der Waals surface area contributed by atoms with Crippen molar-refractivity contribution in [3.63, 3.8) is 0 Å². The number of halogens is 1. The van der Waals surface area contributed by atoms with Crippen molar-refractivity contribution in [1.29, 1.82) is 0 Å². The van der Waals surface area contributed by atoms with Crippen molar-refractivity contribution in [2.24, 2.45) is 5.92 Å². The number of nitrogens with zero attached hydrogens (tertiary/aromatic N) is 1. The van der Waals surface area contributed by atoms with Gasteiger partial charge in [-0.3, -0.25) is 4.79 Å². The van der Waals surface area contributed by atoms with Crippen LogP contribution < -0.4 is 10.1 Å². The average Bonchev–Trinajstić information content (AvgIpc) is 2.40. The number of piperidine rings is 1. The molecule has 96 valence electrons. The van der Waals surface area contributed by atoms with Crippen LogP contribution in [-0.4, -0.2) is 24.5 Å². The largest absolute Gasteiger partial charge is 0.427 e. The van der Waals surface area contributed by atoms with E-state index in [1.165, 1.54) is 6.20 Å². The molecule has 1 aliphatic rings. The van der Waals surface area contributed by atoms with E-state index >= 15 is 0 Å². The second-order valence-corrected chi connectivity index (χ2v) is 3.89. The first-order chi connectivity index (χ1) is 8.38. The zero-order chi connectivity index (χ0) is 11.9. The van der Waals surface area contributed by atoms with Crippen LogP contribution >= 0.6 is 12.4 Å². The van der Waals surface area contributed by atoms with Crippen LogP contribution in [0, 0.1) is 17.8 Å². The van der Waals surface area contributed by atoms with Crippen LogP contribution in [0.5, 0.6) is 5.75 Å². The molecule has 0 aliphatic carbocycles. The molecule has 1 aliphatic heterocycles. The Morgan fingerprint density at radius 3 is 2.78 bits per heavy atom. The van der Waals surface area contributed by atoms with Gasteiger partial charge in [0.2, 0.25) is 0 Å². The lowest BCUT2D eigenvalue weighted by molar-refractivity contribution is -0.120. The number of ether oxygens (including phenoxy) is 1. The van der Waals surface area contributed by atoms with E-state index in [-0.39, 0.29) is 12.4 Å². The lowest BCUT2D eigenvalue weighted by atomic mass is 9.99. The summed E-state index contributed by atoms with van der Waals surface area (Å²) in [5.41, 5.74) is 0.710. The molecule has 0 radical (unpaired) electrons. The molecule has 1 saturated heterocycles. The molecular formula is C13H15ClN2O2. The van der Waals surface area contributed by atoms with Crippen LogP contribution in [0.2, 0.25) is 0 Å². The topological polar surface area (TPSA) is 51.2 Å². The fourth-order valence-electron chi connectivity index (χ4n) is 1.72. The maximum atomic E-state index is 10.1. The molecule has 0 bridgehead atoms. The number of hydrogen-bond donors (Lipinski definition) is 1. The minimum absolute atomic E-state index is 0. The van der Waals surface area contributed by atoms with Gasteiger partial charge in [-0.15, -0.1) is 12.4 Å². The van der Waals surface area contributed by atoms with Gasteiger partial charge in [-0.25, -0.2) is 4.98 Å². The van der Waals surface area contributed by atoms with E-state index in [0.29, 0.717) is 23.8 Å². The maximum Gasteiger partial charge on any atom is 0.298 e. The first-order valence-electron chi connectivity index (χ1n) is 5.67. The Morgan fingerprint density at radius 2 is 2.17 bits per heavy atom. The molecule has 0 saturated carbocycles. The monoisotopic (exact) mass is 266 g/mol. The number of carbonyl (C=O) groups excluding carboxylic acids is 1. The first-order valence-corrected chi connectivity index (χ1v) is 5.67. The summed E-state index contributed by atoms with van der Waals surface area (Å²) in [7, 11) is 0. The summed E-state index contributed by atoms with van der Waals surface area (Å²) >= 11 is 0. The number of rotatable bonds is 2. The molecule has 4 nitrogen and oxygen atoms in total. The molecule has 5 heteroatoms. The summed E-state index contributed by atoms with van der Waals surface area (Å²) < 4.78 is 4.66. The molecule has 1 N–H and O–H groups in total. The molecule has 1 aromatic rings. The highest BCUT2D eigenvalue weighted by Gasteiger charge is 2.09. The summed E-state index contributed by atoms with van der Waals surface area (Å²) in [5, 5.41) is 3.30. The van der Waals surface area contributed by atoms with Crippen LogP contribution in [-0.2, 0) is 4.79 Å². The van der Waals surface area contributed by atoms with E-state index in [0.717, 1.165) is 25.9 Å². The summed E-state index contributed by atoms with van der Waals surface area (Å²) in [4.78, 5) is 14.2. The third-order valence-corrected chi connectivity index (χ3v) is 2.66. The van der Waals surface area contributed by atoms with Crippen molar-refractivity contribution in [2.75, 3.05) is 13.1 Å². The SMILES string of the molecule is Cl.O=COc1ccc(C#CC2CCNCC2)nc1. The number of nitrogens with one attached hydrogen (secondary N) is 1. The van der Waals surface area contributed by atoms with Gasteiger partial charge in [0.05, 0.1) is 6.20 Å². The maximum absolute atomic E-state index is 10.1. The fourth-order valence-corrected chi connectivity index (χ4v) is 1.72. The molecule has 1 aromatic heterocycles. The smallest absolute Gasteiger partial charge is 0.298 e. The second kappa shape index (κ2) is 7.70. The highest BCUT2D eigenvalue weighted by atomic mass is 35.5. The number of pyridine rings is 1. The summed E-state index contributed by atoms with van der Waals surface area (Å²) in [6.45, 7) is 2.47. The molecule has 0 aromatic carbocycles. The van der Waals surface area contributed by atoms with Gasteiger partial charge < -0.3 is 10.1 Å². The quantitative estimate of drug-likeness (QED) is 0.649. The van der Waals surface area contributed by atoms with E-state index in [1.807, 2.05) is 0 Å². The number of carbonyl (C=O) groups is 1. The molecule has 0 unspecified atom stereocenters. The fraction of sp³-hybridized carbons (Fsp3) is 0.385. The predicted molar refractivity (Wildman–Crippen MR) is 70.6 cm³/mol. The average molecular weight is 267 g/mol. The third-order valence-electron chi connectivity index (χ3n) is 2.66. The van der Waals surface area contributed by atoms with Crippen molar-refractivity contribution in [3.05, 3.63) is 24.0 Å². The summed E-state index contributed by atoms with van der Waals surface area (Å²) in [5.74, 6) is 7.18. The summed E-state index contributed by atoms with van der Waals surface area (Å²) in [6, 6.07) is 3.45. The molecule has 18 heavy (non-hydrogen) atoms. The van der Waals surface area contributed by atoms with Crippen LogP contribution in [0.4, 0.5) is 0 Å². The lowest BCUT2D eigenvalue weighted by Gasteiger charge is -2.17. The van der Waals surface area contributed by atoms with Crippen molar-refractivity contribution in [3.8, 4) is 17.6 Å². The highest BCUT2D eigenvalue weighted by Crippen LogP contribution is 2.11. The number of hydrogen-bond acceptors (Lipinski definition) is 4. The Morgan fingerprint density at radius 1 is 1.39 bits per heavy atom. The standard InChI is InChI=1S/C13H14N2O2.ClH/c16-10-17-13-4-3-12(15-9-13)2-1-11-5-7-14-8-6-11;/h3-4,9-11,14H,5-8H2;1H. The first kappa shape index (κ1) is 14.5. The summed E-state index contributed by atoms with van der Waals surface area (Å²) in [6.07, 6.45) is 3.69. The van der Waals surface area contributed by atoms with Crippen molar-refractivity contribution in [1.82, 2.24) is 10.3 Å². The van der Waals surface area contributed by atoms with Crippen molar-refractivity contribution < 1.29 is 9.53 Å². The molecule has 1 fully saturated rings. The van der Waals surface area contributed by atoms with E-state index in [1.54, 1.807) is 12.1 Å². The molecule has 2 rings (SSSR count). The molecule has 0 amide bonds. The predicted octanol–water partition coefficient (Wildman–Crippen LogP) is 1.39. The Balaban J connectivity index is 0.00000162. The van der Waals surface area contributed by atoms with Crippen LogP contribution in [0.15, 0.2) is 18.3 Å². The molecule has 0 atom stereocenters. The van der Waals surface area contributed by atoms with Gasteiger partial charge in [0.1, 0.15) is 11.4 Å². The second-order valence-electron chi connectivity index (χ2n) is 3.89. The molecular weight excluding hydrogens is 252 g/mol. The van der Waals surface area contributed by atoms with Gasteiger partial charge in [0.15, 0.2) is 0 Å². The minimum Gasteiger partial charge on any atom is -0.427 e. The van der Waals surface area contributed by atoms with Gasteiger partial charge in [0.25, 0.3) is 6.47 Å². The lowest BCUT2D eigenvalue weighted by Crippen LogP contribution is -2.26. The molecule has 2 heterocycles. The van der Waals surface area contributed by atoms with Crippen LogP contribution in [0.1, 0.15) is 18.5 Å². The van der Waals surface area contributed by atoms with E-state index < -0.39 is 0 Å². The van der Waals surface area contributed by atoms with Gasteiger partial charge in [0, 0.05) is 5.92 Å². The zero-order valence-corrected chi connectivity index (χ0v) is 10.7. The van der Waals surface area contributed by atoms with Gasteiger partial charge in [-0.1, -0.05) is 5.92 Å². The number of aromatic nitrogens is 1.